The smallest absolute Gasteiger partial charge is 0.234 e. The van der Waals surface area contributed by atoms with E-state index in [0.717, 1.165) is 98.3 Å². The molecule has 0 spiro atoms. The normalized spacial score (nSPS) is 19.1. The Kier molecular flexibility index (Phi) is 11.7. The first-order valence-corrected chi connectivity index (χ1v) is 24.5. The number of hydrogen-bond donors (Lipinski definition) is 3. The van der Waals surface area contributed by atoms with Crippen LogP contribution in [0.4, 0.5) is 34.5 Å². The predicted molar refractivity (Wildman–Crippen MR) is 247 cm³/mol. The van der Waals surface area contributed by atoms with Crippen LogP contribution in [0.25, 0.3) is 11.1 Å². The molecular formula is C46H54ClN10O4P. The summed E-state index contributed by atoms with van der Waals surface area (Å²) in [6.45, 7) is 9.24. The fraction of sp³-hybridized carbons (Fsp3) is 0.413. The summed E-state index contributed by atoms with van der Waals surface area (Å²) in [6.07, 6.45) is 10.8. The highest BCUT2D eigenvalue weighted by Gasteiger charge is 2.31. The SMILES string of the molecule is COc1cc(N2CCC(N3CCN(c4ccc(C5CCC(=O)NC5=O)cc4)CC3)CC2)c(-c2cnn(C)c2)cc1Nc1ncc(Cl)c(Nc2ccc(C3CC3)cc2P(C)(C)=O)n1. The van der Waals surface area contributed by atoms with Gasteiger partial charge in [0.25, 0.3) is 0 Å². The monoisotopic (exact) mass is 876 g/mol. The standard InChI is InChI=1S/C46H54ClN10O4P/c1-54-28-32(26-49-54)36-24-39(51-46-48-27-37(47)44(53-46)50-38-13-9-31(29-5-6-29)23-42(38)62(3,4)60)41(61-2)25-40(36)57-17-15-34(16-18-57)56-21-19-55(20-22-56)33-10-7-30(8-11-33)35-12-14-43(58)52-45(35)59/h7-11,13,23-29,34-35H,5-6,12,14-22H2,1-4H3,(H,52,58,59)(H2,48,50,51,53). The first kappa shape index (κ1) is 41.9. The number of halogens is 1. The zero-order valence-electron chi connectivity index (χ0n) is 35.7. The van der Waals surface area contributed by atoms with Crippen molar-refractivity contribution in [2.45, 2.75) is 56.4 Å². The van der Waals surface area contributed by atoms with E-state index in [9.17, 15) is 14.2 Å². The zero-order valence-corrected chi connectivity index (χ0v) is 37.4. The number of hydrogen-bond acceptors (Lipinski definition) is 12. The maximum atomic E-state index is 13.4. The molecule has 3 saturated heterocycles. The van der Waals surface area contributed by atoms with Crippen LogP contribution in [-0.2, 0) is 21.2 Å². The number of ether oxygens (including phenoxy) is 1. The van der Waals surface area contributed by atoms with Gasteiger partial charge in [-0.3, -0.25) is 24.5 Å². The van der Waals surface area contributed by atoms with Crippen molar-refractivity contribution in [1.82, 2.24) is 30.0 Å². The summed E-state index contributed by atoms with van der Waals surface area (Å²) in [4.78, 5) is 40.8. The van der Waals surface area contributed by atoms with Crippen LogP contribution in [0.1, 0.15) is 61.5 Å². The molecule has 14 nitrogen and oxygen atoms in total. The summed E-state index contributed by atoms with van der Waals surface area (Å²) in [5, 5.41) is 14.9. The molecule has 5 heterocycles. The maximum Gasteiger partial charge on any atom is 0.234 e. The van der Waals surface area contributed by atoms with Crippen molar-refractivity contribution in [3.05, 3.63) is 89.3 Å². The van der Waals surface area contributed by atoms with Crippen molar-refractivity contribution in [2.75, 3.05) is 80.1 Å². The first-order valence-electron chi connectivity index (χ1n) is 21.5. The van der Waals surface area contributed by atoms with Crippen LogP contribution >= 0.6 is 18.7 Å². The molecule has 2 aromatic heterocycles. The van der Waals surface area contributed by atoms with Gasteiger partial charge >= 0.3 is 0 Å². The molecule has 16 heteroatoms. The number of carbonyl (C=O) groups is 2. The highest BCUT2D eigenvalue weighted by molar-refractivity contribution is 7.70. The molecule has 1 saturated carbocycles. The number of aryl methyl sites for hydroxylation is 1. The Bertz CT molecular complexity index is 2520. The average molecular weight is 877 g/mol. The Balaban J connectivity index is 0.878. The number of nitrogens with zero attached hydrogens (tertiary/aromatic N) is 7. The third-order valence-electron chi connectivity index (χ3n) is 12.8. The number of carbonyl (C=O) groups excluding carboxylic acids is 2. The van der Waals surface area contributed by atoms with Gasteiger partial charge in [0.05, 0.1) is 36.8 Å². The van der Waals surface area contributed by atoms with Gasteiger partial charge < -0.3 is 29.7 Å². The number of rotatable bonds is 12. The molecule has 324 valence electrons. The van der Waals surface area contributed by atoms with Crippen molar-refractivity contribution < 1.29 is 18.9 Å². The van der Waals surface area contributed by atoms with E-state index in [2.05, 4.69) is 77.1 Å². The quantitative estimate of drug-likeness (QED) is 0.0844. The van der Waals surface area contributed by atoms with Crippen molar-refractivity contribution in [1.29, 1.82) is 0 Å². The Labute approximate surface area is 367 Å². The molecule has 5 aromatic rings. The Morgan fingerprint density at radius 2 is 1.58 bits per heavy atom. The molecule has 2 amide bonds. The number of aromatic nitrogens is 4. The summed E-state index contributed by atoms with van der Waals surface area (Å²) in [6, 6.07) is 19.1. The van der Waals surface area contributed by atoms with E-state index in [-0.39, 0.29) is 17.7 Å². The van der Waals surface area contributed by atoms with Crippen LogP contribution in [-0.4, -0.2) is 102 Å². The van der Waals surface area contributed by atoms with Gasteiger partial charge in [0.15, 0.2) is 5.82 Å². The van der Waals surface area contributed by atoms with Crippen LogP contribution in [0.5, 0.6) is 5.75 Å². The molecule has 0 radical (unpaired) electrons. The summed E-state index contributed by atoms with van der Waals surface area (Å²) < 4.78 is 21.2. The molecule has 1 unspecified atom stereocenters. The number of anilines is 6. The fourth-order valence-corrected chi connectivity index (χ4v) is 10.5. The summed E-state index contributed by atoms with van der Waals surface area (Å²) >= 11 is 6.66. The van der Waals surface area contributed by atoms with E-state index < -0.39 is 7.14 Å². The minimum absolute atomic E-state index is 0.188. The lowest BCUT2D eigenvalue weighted by molar-refractivity contribution is -0.134. The van der Waals surface area contributed by atoms with Crippen LogP contribution < -0.4 is 35.8 Å². The minimum atomic E-state index is -2.62. The third-order valence-corrected chi connectivity index (χ3v) is 14.6. The third kappa shape index (κ3) is 9.05. The van der Waals surface area contributed by atoms with Gasteiger partial charge in [0.1, 0.15) is 17.9 Å². The van der Waals surface area contributed by atoms with Crippen molar-refractivity contribution in [3.8, 4) is 16.9 Å². The summed E-state index contributed by atoms with van der Waals surface area (Å²) in [5.41, 5.74) is 7.85. The van der Waals surface area contributed by atoms with Crippen molar-refractivity contribution in [3.63, 3.8) is 0 Å². The summed E-state index contributed by atoms with van der Waals surface area (Å²) in [5.74, 6) is 1.28. The molecule has 3 N–H and O–H groups in total. The van der Waals surface area contributed by atoms with E-state index in [4.69, 9.17) is 21.3 Å². The Hall–Kier alpha value is -5.43. The minimum Gasteiger partial charge on any atom is -0.494 e. The Morgan fingerprint density at radius 3 is 2.24 bits per heavy atom. The van der Waals surface area contributed by atoms with Crippen molar-refractivity contribution >= 4 is 70.4 Å². The Morgan fingerprint density at radius 1 is 0.839 bits per heavy atom. The molecule has 9 rings (SSSR count). The topological polar surface area (TPSA) is 150 Å². The predicted octanol–water partition coefficient (Wildman–Crippen LogP) is 7.46. The molecule has 1 atom stereocenters. The van der Waals surface area contributed by atoms with E-state index in [1.54, 1.807) is 26.6 Å². The molecule has 3 aromatic carbocycles. The second-order valence-electron chi connectivity index (χ2n) is 17.4. The largest absolute Gasteiger partial charge is 0.494 e. The van der Waals surface area contributed by atoms with E-state index in [1.807, 2.05) is 42.3 Å². The number of nitrogens with one attached hydrogen (secondary N) is 3. The highest BCUT2D eigenvalue weighted by atomic mass is 35.5. The molecule has 3 aliphatic heterocycles. The van der Waals surface area contributed by atoms with Crippen LogP contribution in [0.2, 0.25) is 5.02 Å². The van der Waals surface area contributed by atoms with Crippen LogP contribution in [0.15, 0.2) is 73.2 Å². The lowest BCUT2D eigenvalue weighted by atomic mass is 9.90. The highest BCUT2D eigenvalue weighted by Crippen LogP contribution is 2.45. The number of imide groups is 1. The van der Waals surface area contributed by atoms with Crippen LogP contribution in [0, 0.1) is 0 Å². The number of amides is 2. The number of piperidine rings is 2. The van der Waals surface area contributed by atoms with Gasteiger partial charge in [-0.25, -0.2) is 4.98 Å². The lowest BCUT2D eigenvalue weighted by Crippen LogP contribution is -2.53. The number of methoxy groups -OCH3 is 1. The zero-order chi connectivity index (χ0) is 43.1. The van der Waals surface area contributed by atoms with Gasteiger partial charge in [0.2, 0.25) is 17.8 Å². The second kappa shape index (κ2) is 17.4. The maximum absolute atomic E-state index is 13.4. The van der Waals surface area contributed by atoms with Gasteiger partial charge in [-0.05, 0) is 92.8 Å². The van der Waals surface area contributed by atoms with Crippen molar-refractivity contribution in [2.24, 2.45) is 7.05 Å². The molecule has 4 aliphatic rings. The van der Waals surface area contributed by atoms with E-state index in [0.29, 0.717) is 53.0 Å². The number of benzene rings is 3. The fourth-order valence-electron chi connectivity index (χ4n) is 9.17. The van der Waals surface area contributed by atoms with E-state index in [1.165, 1.54) is 11.3 Å². The number of piperazine rings is 1. The van der Waals surface area contributed by atoms with Gasteiger partial charge in [-0.2, -0.15) is 10.1 Å². The summed E-state index contributed by atoms with van der Waals surface area (Å²) in [7, 11) is 0.974. The molecule has 62 heavy (non-hydrogen) atoms. The van der Waals surface area contributed by atoms with Gasteiger partial charge in [-0.15, -0.1) is 0 Å². The second-order valence-corrected chi connectivity index (χ2v) is 20.9. The van der Waals surface area contributed by atoms with E-state index >= 15 is 0 Å². The van der Waals surface area contributed by atoms with Crippen LogP contribution in [0.3, 0.4) is 0 Å². The lowest BCUT2D eigenvalue weighted by Gasteiger charge is -2.44. The molecule has 1 aliphatic carbocycles. The van der Waals surface area contributed by atoms with Gasteiger partial charge in [0, 0.05) is 98.8 Å². The van der Waals surface area contributed by atoms with Gasteiger partial charge in [-0.1, -0.05) is 29.8 Å². The molecule has 4 fully saturated rings. The molecular weight excluding hydrogens is 823 g/mol. The first-order chi connectivity index (χ1) is 29.9. The average Bonchev–Trinajstić information content (AvgIpc) is 4.03. The molecule has 0 bridgehead atoms.